The molecule has 0 fully saturated rings. The van der Waals surface area contributed by atoms with E-state index in [-0.39, 0.29) is 35.8 Å². The number of hydrogen-bond donors (Lipinski definition) is 3. The monoisotopic (exact) mass is 314 g/mol. The van der Waals surface area contributed by atoms with Crippen LogP contribution in [0.3, 0.4) is 0 Å². The van der Waals surface area contributed by atoms with Gasteiger partial charge in [0.25, 0.3) is 0 Å². The average molecular weight is 314 g/mol. The second-order valence-electron chi connectivity index (χ2n) is 5.10. The van der Waals surface area contributed by atoms with Crippen LogP contribution in [0, 0.1) is 5.82 Å². The molecule has 21 heavy (non-hydrogen) atoms. The zero-order valence-electron chi connectivity index (χ0n) is 12.6. The van der Waals surface area contributed by atoms with E-state index in [1.807, 2.05) is 26.2 Å². The molecule has 0 aromatic heterocycles. The number of nitrogens with one attached hydrogen (secondary N) is 2. The molecular weight excluding hydrogens is 291 g/mol. The van der Waals surface area contributed by atoms with Crippen molar-refractivity contribution in [2.45, 2.75) is 37.6 Å². The lowest BCUT2D eigenvalue weighted by Crippen LogP contribution is -2.48. The number of rotatable bonds is 7. The molecule has 3 unspecified atom stereocenters. The summed E-state index contributed by atoms with van der Waals surface area (Å²) in [5.41, 5.74) is 0.841. The molecule has 4 nitrogen and oxygen atoms in total. The second kappa shape index (κ2) is 8.89. The van der Waals surface area contributed by atoms with Crippen LogP contribution in [0.1, 0.15) is 19.4 Å². The number of benzene rings is 1. The zero-order chi connectivity index (χ0) is 15.8. The van der Waals surface area contributed by atoms with Crippen molar-refractivity contribution in [2.24, 2.45) is 0 Å². The van der Waals surface area contributed by atoms with Crippen LogP contribution in [0.15, 0.2) is 24.3 Å². The lowest BCUT2D eigenvalue weighted by atomic mass is 10.1. The molecule has 2 amide bonds. The van der Waals surface area contributed by atoms with Gasteiger partial charge in [-0.3, -0.25) is 0 Å². The van der Waals surface area contributed by atoms with Gasteiger partial charge in [-0.25, -0.2) is 9.18 Å². The third-order valence-corrected chi connectivity index (χ3v) is 4.37. The summed E-state index contributed by atoms with van der Waals surface area (Å²) in [6.45, 7) is 3.74. The van der Waals surface area contributed by atoms with Crippen LogP contribution in [-0.2, 0) is 6.42 Å². The normalized spacial score (nSPS) is 15.1. The summed E-state index contributed by atoms with van der Waals surface area (Å²) in [4.78, 5) is 11.9. The molecule has 0 bridgehead atoms. The summed E-state index contributed by atoms with van der Waals surface area (Å²) in [5, 5.41) is 14.8. The number of carbonyl (C=O) groups is 1. The topological polar surface area (TPSA) is 61.4 Å². The number of halogens is 1. The Morgan fingerprint density at radius 3 is 2.67 bits per heavy atom. The molecule has 0 aliphatic carbocycles. The molecule has 0 saturated heterocycles. The molecule has 1 aromatic carbocycles. The highest BCUT2D eigenvalue weighted by atomic mass is 32.2. The minimum atomic E-state index is -0.279. The van der Waals surface area contributed by atoms with Gasteiger partial charge in [0.15, 0.2) is 0 Å². The molecule has 0 aliphatic rings. The van der Waals surface area contributed by atoms with Crippen molar-refractivity contribution in [1.29, 1.82) is 0 Å². The van der Waals surface area contributed by atoms with Crippen LogP contribution in [-0.4, -0.2) is 41.3 Å². The number of thioether (sulfide) groups is 1. The summed E-state index contributed by atoms with van der Waals surface area (Å²) in [6.07, 6.45) is 2.45. The van der Waals surface area contributed by atoms with Gasteiger partial charge in [0.1, 0.15) is 5.82 Å². The molecule has 0 saturated carbocycles. The molecule has 1 aromatic rings. The van der Waals surface area contributed by atoms with Gasteiger partial charge in [-0.05, 0) is 44.2 Å². The van der Waals surface area contributed by atoms with Crippen LogP contribution in [0.2, 0.25) is 0 Å². The maximum Gasteiger partial charge on any atom is 0.315 e. The Kier molecular flexibility index (Phi) is 7.53. The van der Waals surface area contributed by atoms with Crippen LogP contribution < -0.4 is 10.6 Å². The van der Waals surface area contributed by atoms with Crippen molar-refractivity contribution in [1.82, 2.24) is 10.6 Å². The van der Waals surface area contributed by atoms with E-state index in [0.717, 1.165) is 5.56 Å². The first kappa shape index (κ1) is 17.8. The van der Waals surface area contributed by atoms with E-state index in [4.69, 9.17) is 0 Å². The quantitative estimate of drug-likeness (QED) is 0.723. The van der Waals surface area contributed by atoms with Crippen LogP contribution in [0.5, 0.6) is 0 Å². The van der Waals surface area contributed by atoms with Crippen molar-refractivity contribution >= 4 is 17.8 Å². The third kappa shape index (κ3) is 6.35. The number of hydrogen-bond acceptors (Lipinski definition) is 3. The Morgan fingerprint density at radius 2 is 2.10 bits per heavy atom. The number of carbonyl (C=O) groups excluding carboxylic acids is 1. The van der Waals surface area contributed by atoms with E-state index >= 15 is 0 Å². The van der Waals surface area contributed by atoms with Gasteiger partial charge in [-0.1, -0.05) is 12.1 Å². The molecule has 0 radical (unpaired) electrons. The maximum absolute atomic E-state index is 13.1. The van der Waals surface area contributed by atoms with Gasteiger partial charge in [0.05, 0.1) is 6.61 Å². The van der Waals surface area contributed by atoms with Crippen molar-refractivity contribution in [3.05, 3.63) is 35.6 Å². The molecular formula is C15H23FN2O2S. The van der Waals surface area contributed by atoms with E-state index in [2.05, 4.69) is 10.6 Å². The number of aliphatic hydroxyl groups is 1. The molecule has 3 atom stereocenters. The Morgan fingerprint density at radius 1 is 1.38 bits per heavy atom. The second-order valence-corrected chi connectivity index (χ2v) is 6.18. The van der Waals surface area contributed by atoms with Crippen LogP contribution in [0.25, 0.3) is 0 Å². The summed E-state index contributed by atoms with van der Waals surface area (Å²) in [5.74, 6) is -0.275. The number of aliphatic hydroxyl groups excluding tert-OH is 1. The van der Waals surface area contributed by atoms with Crippen molar-refractivity contribution in [2.75, 3.05) is 12.9 Å². The Hall–Kier alpha value is -1.27. The smallest absolute Gasteiger partial charge is 0.315 e. The highest BCUT2D eigenvalue weighted by Crippen LogP contribution is 2.10. The SMILES string of the molecule is CSC(CO)C(C)NC(=O)NC(C)Cc1cccc(F)c1. The Labute approximate surface area is 129 Å². The lowest BCUT2D eigenvalue weighted by molar-refractivity contribution is 0.229. The summed E-state index contributed by atoms with van der Waals surface area (Å²) < 4.78 is 13.1. The van der Waals surface area contributed by atoms with Crippen LogP contribution >= 0.6 is 11.8 Å². The summed E-state index contributed by atoms with van der Waals surface area (Å²) >= 11 is 1.51. The van der Waals surface area contributed by atoms with Crippen molar-refractivity contribution in [3.8, 4) is 0 Å². The van der Waals surface area contributed by atoms with Gasteiger partial charge in [-0.15, -0.1) is 0 Å². The molecule has 6 heteroatoms. The highest BCUT2D eigenvalue weighted by Gasteiger charge is 2.18. The average Bonchev–Trinajstić information content (AvgIpc) is 2.39. The molecule has 3 N–H and O–H groups in total. The van der Waals surface area contributed by atoms with E-state index in [1.54, 1.807) is 6.07 Å². The Bertz CT molecular complexity index is 455. The van der Waals surface area contributed by atoms with Crippen molar-refractivity contribution in [3.63, 3.8) is 0 Å². The lowest BCUT2D eigenvalue weighted by Gasteiger charge is -2.23. The van der Waals surface area contributed by atoms with Gasteiger partial charge >= 0.3 is 6.03 Å². The summed E-state index contributed by atoms with van der Waals surface area (Å²) in [6, 6.07) is 5.83. The van der Waals surface area contributed by atoms with E-state index in [0.29, 0.717) is 6.42 Å². The standard InChI is InChI=1S/C15H23FN2O2S/c1-10(7-12-5-4-6-13(16)8-12)17-15(20)18-11(2)14(9-19)21-3/h4-6,8,10-11,14,19H,7,9H2,1-3H3,(H2,17,18,20). The van der Waals surface area contributed by atoms with E-state index in [1.165, 1.54) is 23.9 Å². The first-order valence-corrected chi connectivity index (χ1v) is 8.20. The fraction of sp³-hybridized carbons (Fsp3) is 0.533. The molecule has 0 spiro atoms. The van der Waals surface area contributed by atoms with E-state index < -0.39 is 0 Å². The van der Waals surface area contributed by atoms with Gasteiger partial charge in [0, 0.05) is 17.3 Å². The van der Waals surface area contributed by atoms with Crippen LogP contribution in [0.4, 0.5) is 9.18 Å². The molecule has 0 heterocycles. The number of urea groups is 1. The first-order chi connectivity index (χ1) is 9.96. The maximum atomic E-state index is 13.1. The largest absolute Gasteiger partial charge is 0.395 e. The van der Waals surface area contributed by atoms with Crippen molar-refractivity contribution < 1.29 is 14.3 Å². The fourth-order valence-electron chi connectivity index (χ4n) is 2.07. The first-order valence-electron chi connectivity index (χ1n) is 6.91. The van der Waals surface area contributed by atoms with Gasteiger partial charge < -0.3 is 15.7 Å². The predicted molar refractivity (Wildman–Crippen MR) is 85.1 cm³/mol. The zero-order valence-corrected chi connectivity index (χ0v) is 13.4. The van der Waals surface area contributed by atoms with Gasteiger partial charge in [0.2, 0.25) is 0 Å². The molecule has 118 valence electrons. The molecule has 0 aliphatic heterocycles. The predicted octanol–water partition coefficient (Wildman–Crippen LogP) is 2.17. The van der Waals surface area contributed by atoms with Gasteiger partial charge in [-0.2, -0.15) is 11.8 Å². The minimum absolute atomic E-state index is 0.0153. The number of amides is 2. The minimum Gasteiger partial charge on any atom is -0.395 e. The third-order valence-electron chi connectivity index (χ3n) is 3.21. The fourth-order valence-corrected chi connectivity index (χ4v) is 2.70. The summed E-state index contributed by atoms with van der Waals surface area (Å²) in [7, 11) is 0. The molecule has 1 rings (SSSR count). The highest BCUT2D eigenvalue weighted by molar-refractivity contribution is 7.99. The Balaban J connectivity index is 2.43. The van der Waals surface area contributed by atoms with E-state index in [9.17, 15) is 14.3 Å².